The average molecular weight is 411 g/mol. The minimum atomic E-state index is 0. The molecule has 0 amide bonds. The number of nitrogens with zero attached hydrogens (tertiary/aromatic N) is 2. The maximum Gasteiger partial charge on any atom is 0.0403 e. The Kier molecular flexibility index (Phi) is 9.02. The van der Waals surface area contributed by atoms with Gasteiger partial charge in [-0.15, -0.1) is 0 Å². The van der Waals surface area contributed by atoms with Crippen molar-refractivity contribution in [2.75, 3.05) is 22.9 Å². The van der Waals surface area contributed by atoms with Crippen molar-refractivity contribution >= 4 is 11.4 Å². The lowest BCUT2D eigenvalue weighted by molar-refractivity contribution is 0.483. The van der Waals surface area contributed by atoms with Gasteiger partial charge in [0.15, 0.2) is 0 Å². The first kappa shape index (κ1) is 26.1. The van der Waals surface area contributed by atoms with Gasteiger partial charge in [-0.2, -0.15) is 0 Å². The Labute approximate surface area is 187 Å². The number of anilines is 2. The van der Waals surface area contributed by atoms with E-state index < -0.39 is 0 Å². The van der Waals surface area contributed by atoms with Gasteiger partial charge < -0.3 is 9.80 Å². The average Bonchev–Trinajstić information content (AvgIpc) is 2.66. The number of para-hydroxylation sites is 2. The minimum Gasteiger partial charge on any atom is -0.366 e. The van der Waals surface area contributed by atoms with Crippen molar-refractivity contribution in [3.8, 4) is 0 Å². The van der Waals surface area contributed by atoms with Crippen LogP contribution in [-0.2, 0) is 12.8 Å². The Morgan fingerprint density at radius 3 is 1.23 bits per heavy atom. The Morgan fingerprint density at radius 1 is 0.567 bits per heavy atom. The summed E-state index contributed by atoms with van der Waals surface area (Å²) in [5, 5.41) is 0. The molecule has 0 fully saturated rings. The lowest BCUT2D eigenvalue weighted by Crippen LogP contribution is -2.44. The first-order valence-corrected chi connectivity index (χ1v) is 10.9. The van der Waals surface area contributed by atoms with Crippen molar-refractivity contribution in [3.63, 3.8) is 0 Å². The predicted octanol–water partition coefficient (Wildman–Crippen LogP) is 7.75. The molecule has 0 spiro atoms. The van der Waals surface area contributed by atoms with Gasteiger partial charge in [-0.1, -0.05) is 51.3 Å². The number of aryl methyl sites for hydroxylation is 2. The topological polar surface area (TPSA) is 6.48 Å². The van der Waals surface area contributed by atoms with Gasteiger partial charge in [0, 0.05) is 35.5 Å². The standard InChI is InChI=1S/2C13H19N.2CH4/c2*1-13(2,3)14-10-6-8-11-7-4-5-9-12(11)14;;/h2*4-5,7,9H,6,8,10H2,1-3H3;2*1H4. The predicted molar refractivity (Wildman–Crippen MR) is 137 cm³/mol. The molecule has 0 radical (unpaired) electrons. The molecular weight excluding hydrogens is 364 g/mol. The highest BCUT2D eigenvalue weighted by Crippen LogP contribution is 2.33. The minimum absolute atomic E-state index is 0. The van der Waals surface area contributed by atoms with Crippen molar-refractivity contribution in [2.45, 2.75) is 93.2 Å². The summed E-state index contributed by atoms with van der Waals surface area (Å²) in [7, 11) is 0. The van der Waals surface area contributed by atoms with E-state index in [0.29, 0.717) is 0 Å². The summed E-state index contributed by atoms with van der Waals surface area (Å²) in [6.45, 7) is 16.1. The summed E-state index contributed by atoms with van der Waals surface area (Å²) in [4.78, 5) is 5.04. The largest absolute Gasteiger partial charge is 0.366 e. The summed E-state index contributed by atoms with van der Waals surface area (Å²) in [6, 6.07) is 17.6. The third-order valence-corrected chi connectivity index (χ3v) is 5.84. The maximum absolute atomic E-state index is 2.52. The van der Waals surface area contributed by atoms with Crippen LogP contribution in [0.2, 0.25) is 0 Å². The van der Waals surface area contributed by atoms with E-state index in [1.54, 1.807) is 0 Å². The Balaban J connectivity index is 0.000000281. The van der Waals surface area contributed by atoms with Crippen LogP contribution in [0.25, 0.3) is 0 Å². The van der Waals surface area contributed by atoms with Crippen LogP contribution >= 0.6 is 0 Å². The van der Waals surface area contributed by atoms with E-state index in [0.717, 1.165) is 0 Å². The van der Waals surface area contributed by atoms with E-state index >= 15 is 0 Å². The maximum atomic E-state index is 2.52. The molecule has 4 rings (SSSR count). The third kappa shape index (κ3) is 6.03. The molecule has 0 unspecified atom stereocenters. The van der Waals surface area contributed by atoms with Crippen LogP contribution in [0.15, 0.2) is 48.5 Å². The molecule has 0 saturated heterocycles. The second-order valence-corrected chi connectivity index (χ2v) is 10.1. The van der Waals surface area contributed by atoms with Crippen LogP contribution in [0.5, 0.6) is 0 Å². The molecule has 2 aliphatic heterocycles. The highest BCUT2D eigenvalue weighted by atomic mass is 15.2. The van der Waals surface area contributed by atoms with Crippen LogP contribution < -0.4 is 9.80 Å². The van der Waals surface area contributed by atoms with Gasteiger partial charge in [0.2, 0.25) is 0 Å². The van der Waals surface area contributed by atoms with E-state index in [1.807, 2.05) is 0 Å². The molecule has 2 aromatic rings. The zero-order valence-electron chi connectivity index (χ0n) is 18.8. The molecule has 2 heterocycles. The summed E-state index contributed by atoms with van der Waals surface area (Å²) in [5.41, 5.74) is 6.38. The summed E-state index contributed by atoms with van der Waals surface area (Å²) in [6.07, 6.45) is 5.05. The molecule has 0 N–H and O–H groups in total. The smallest absolute Gasteiger partial charge is 0.0403 e. The molecule has 2 aromatic carbocycles. The molecule has 30 heavy (non-hydrogen) atoms. The molecular formula is C28H46N2. The molecule has 0 saturated carbocycles. The van der Waals surface area contributed by atoms with Crippen molar-refractivity contribution in [2.24, 2.45) is 0 Å². The first-order chi connectivity index (χ1) is 13.2. The fraction of sp³-hybridized carbons (Fsp3) is 0.571. The van der Waals surface area contributed by atoms with E-state index in [9.17, 15) is 0 Å². The number of hydrogen-bond donors (Lipinski definition) is 0. The number of rotatable bonds is 0. The van der Waals surface area contributed by atoms with Gasteiger partial charge in [0.05, 0.1) is 0 Å². The van der Waals surface area contributed by atoms with E-state index in [4.69, 9.17) is 0 Å². The lowest BCUT2D eigenvalue weighted by atomic mass is 9.96. The van der Waals surface area contributed by atoms with Gasteiger partial charge in [-0.25, -0.2) is 0 Å². The highest BCUT2D eigenvalue weighted by molar-refractivity contribution is 5.57. The van der Waals surface area contributed by atoms with Gasteiger partial charge >= 0.3 is 0 Å². The Bertz CT molecular complexity index is 712. The summed E-state index contributed by atoms with van der Waals surface area (Å²) in [5.74, 6) is 0. The molecule has 0 bridgehead atoms. The zero-order chi connectivity index (χ0) is 20.4. The lowest BCUT2D eigenvalue weighted by Gasteiger charge is -2.41. The molecule has 0 atom stereocenters. The van der Waals surface area contributed by atoms with E-state index in [2.05, 4.69) is 99.9 Å². The van der Waals surface area contributed by atoms with Crippen molar-refractivity contribution in [1.29, 1.82) is 0 Å². The van der Waals surface area contributed by atoms with E-state index in [1.165, 1.54) is 61.3 Å². The SMILES string of the molecule is C.C.CC(C)(C)N1CCCc2ccccc21.CC(C)(C)N1CCCc2ccccc21. The molecule has 2 aliphatic rings. The van der Waals surface area contributed by atoms with Gasteiger partial charge in [-0.3, -0.25) is 0 Å². The number of benzene rings is 2. The second kappa shape index (κ2) is 10.4. The monoisotopic (exact) mass is 410 g/mol. The molecule has 2 nitrogen and oxygen atoms in total. The van der Waals surface area contributed by atoms with Crippen LogP contribution in [-0.4, -0.2) is 24.2 Å². The Morgan fingerprint density at radius 2 is 0.900 bits per heavy atom. The van der Waals surface area contributed by atoms with Crippen molar-refractivity contribution in [1.82, 2.24) is 0 Å². The van der Waals surface area contributed by atoms with Crippen molar-refractivity contribution in [3.05, 3.63) is 59.7 Å². The number of fused-ring (bicyclic) bond motifs is 2. The third-order valence-electron chi connectivity index (χ3n) is 5.84. The highest BCUT2D eigenvalue weighted by Gasteiger charge is 2.26. The number of hydrogen-bond acceptors (Lipinski definition) is 2. The van der Waals surface area contributed by atoms with E-state index in [-0.39, 0.29) is 25.9 Å². The summed E-state index contributed by atoms with van der Waals surface area (Å²) < 4.78 is 0. The first-order valence-electron chi connectivity index (χ1n) is 10.9. The fourth-order valence-electron chi connectivity index (χ4n) is 4.46. The Hall–Kier alpha value is -1.96. The normalized spacial score (nSPS) is 15.5. The van der Waals surface area contributed by atoms with Crippen LogP contribution in [0, 0.1) is 0 Å². The zero-order valence-corrected chi connectivity index (χ0v) is 18.8. The molecule has 2 heteroatoms. The quantitative estimate of drug-likeness (QED) is 0.438. The van der Waals surface area contributed by atoms with Crippen LogP contribution in [0.4, 0.5) is 11.4 Å². The van der Waals surface area contributed by atoms with Crippen LogP contribution in [0.3, 0.4) is 0 Å². The molecule has 0 aliphatic carbocycles. The molecule has 168 valence electrons. The van der Waals surface area contributed by atoms with Crippen molar-refractivity contribution < 1.29 is 0 Å². The van der Waals surface area contributed by atoms with Gasteiger partial charge in [-0.05, 0) is 90.5 Å². The molecule has 0 aromatic heterocycles. The fourth-order valence-corrected chi connectivity index (χ4v) is 4.46. The van der Waals surface area contributed by atoms with Gasteiger partial charge in [0.1, 0.15) is 0 Å². The van der Waals surface area contributed by atoms with Crippen LogP contribution in [0.1, 0.15) is 80.4 Å². The summed E-state index contributed by atoms with van der Waals surface area (Å²) >= 11 is 0. The second-order valence-electron chi connectivity index (χ2n) is 10.1. The van der Waals surface area contributed by atoms with Gasteiger partial charge in [0.25, 0.3) is 0 Å².